The molecule has 0 spiro atoms. The minimum absolute atomic E-state index is 0.223. The Morgan fingerprint density at radius 1 is 1.35 bits per heavy atom. The molecule has 1 saturated carbocycles. The Labute approximate surface area is 124 Å². The van der Waals surface area contributed by atoms with Crippen molar-refractivity contribution in [2.24, 2.45) is 0 Å². The molecule has 0 amide bonds. The molecule has 0 aliphatic heterocycles. The van der Waals surface area contributed by atoms with Gasteiger partial charge in [-0.3, -0.25) is 4.79 Å². The van der Waals surface area contributed by atoms with Crippen LogP contribution in [0.15, 0.2) is 5.16 Å². The predicted octanol–water partition coefficient (Wildman–Crippen LogP) is 3.17. The zero-order chi connectivity index (χ0) is 14.5. The molecule has 2 rings (SSSR count). The molecule has 0 unspecified atom stereocenters. The number of carbonyl (C=O) groups is 1. The highest BCUT2D eigenvalue weighted by Crippen LogP contribution is 2.34. The second-order valence-electron chi connectivity index (χ2n) is 5.52. The van der Waals surface area contributed by atoms with Gasteiger partial charge in [-0.2, -0.15) is 0 Å². The number of esters is 1. The maximum atomic E-state index is 11.3. The minimum Gasteiger partial charge on any atom is -0.468 e. The lowest BCUT2D eigenvalue weighted by molar-refractivity contribution is -0.137. The van der Waals surface area contributed by atoms with E-state index in [0.717, 1.165) is 11.0 Å². The van der Waals surface area contributed by atoms with E-state index in [9.17, 15) is 4.79 Å². The van der Waals surface area contributed by atoms with E-state index in [0.29, 0.717) is 17.7 Å². The van der Waals surface area contributed by atoms with Crippen molar-refractivity contribution in [3.05, 3.63) is 5.82 Å². The molecular weight excluding hydrogens is 274 g/mol. The molecule has 1 aliphatic rings. The molecule has 6 heteroatoms. The van der Waals surface area contributed by atoms with Crippen LogP contribution in [0.3, 0.4) is 0 Å². The molecule has 1 heterocycles. The highest BCUT2D eigenvalue weighted by molar-refractivity contribution is 7.99. The number of carbonyl (C=O) groups excluding carboxylic acids is 1. The van der Waals surface area contributed by atoms with Gasteiger partial charge in [0.25, 0.3) is 0 Å². The summed E-state index contributed by atoms with van der Waals surface area (Å²) in [5.74, 6) is 1.44. The van der Waals surface area contributed by atoms with E-state index in [2.05, 4.69) is 28.6 Å². The summed E-state index contributed by atoms with van der Waals surface area (Å²) < 4.78 is 6.96. The lowest BCUT2D eigenvalue weighted by Gasteiger charge is -2.26. The Kier molecular flexibility index (Phi) is 5.46. The van der Waals surface area contributed by atoms with Crippen molar-refractivity contribution in [2.45, 2.75) is 63.1 Å². The van der Waals surface area contributed by atoms with E-state index in [1.165, 1.54) is 51.0 Å². The molecule has 0 N–H and O–H groups in total. The molecule has 0 saturated heterocycles. The van der Waals surface area contributed by atoms with Crippen LogP contribution in [0.1, 0.15) is 63.7 Å². The molecule has 1 fully saturated rings. The van der Waals surface area contributed by atoms with Gasteiger partial charge in [0, 0.05) is 12.0 Å². The van der Waals surface area contributed by atoms with Gasteiger partial charge in [0.1, 0.15) is 5.82 Å². The topological polar surface area (TPSA) is 57.0 Å². The van der Waals surface area contributed by atoms with Crippen molar-refractivity contribution >= 4 is 17.7 Å². The van der Waals surface area contributed by atoms with E-state index in [4.69, 9.17) is 4.74 Å². The first-order valence-electron chi connectivity index (χ1n) is 7.28. The molecule has 5 nitrogen and oxygen atoms in total. The standard InChI is InChI=1S/C14H23N3O2S/c1-10(2)13-15-16-14(20-9-12(18)19-3)17(13)11-7-5-4-6-8-11/h10-11H,4-9H2,1-3H3. The van der Waals surface area contributed by atoms with Crippen LogP contribution in [0.2, 0.25) is 0 Å². The molecular formula is C14H23N3O2S. The summed E-state index contributed by atoms with van der Waals surface area (Å²) in [7, 11) is 1.41. The summed E-state index contributed by atoms with van der Waals surface area (Å²) in [5, 5.41) is 9.47. The van der Waals surface area contributed by atoms with E-state index in [1.54, 1.807) is 0 Å². The second kappa shape index (κ2) is 7.11. The summed E-state index contributed by atoms with van der Waals surface area (Å²) in [6.45, 7) is 4.27. The van der Waals surface area contributed by atoms with Gasteiger partial charge in [0.05, 0.1) is 12.9 Å². The Morgan fingerprint density at radius 3 is 2.65 bits per heavy atom. The molecule has 20 heavy (non-hydrogen) atoms. The molecule has 1 aliphatic carbocycles. The molecule has 0 bridgehead atoms. The van der Waals surface area contributed by atoms with Crippen molar-refractivity contribution in [1.29, 1.82) is 0 Å². The number of hydrogen-bond acceptors (Lipinski definition) is 5. The number of hydrogen-bond donors (Lipinski definition) is 0. The third-order valence-corrected chi connectivity index (χ3v) is 4.61. The molecule has 1 aromatic rings. The summed E-state index contributed by atoms with van der Waals surface area (Å²) in [6, 6.07) is 0.483. The quantitative estimate of drug-likeness (QED) is 0.617. The smallest absolute Gasteiger partial charge is 0.316 e. The van der Waals surface area contributed by atoms with Crippen LogP contribution in [0.4, 0.5) is 0 Å². The van der Waals surface area contributed by atoms with Crippen LogP contribution >= 0.6 is 11.8 Å². The van der Waals surface area contributed by atoms with Crippen LogP contribution in [-0.4, -0.2) is 33.6 Å². The van der Waals surface area contributed by atoms with Crippen LogP contribution in [0.5, 0.6) is 0 Å². The van der Waals surface area contributed by atoms with Gasteiger partial charge in [0.2, 0.25) is 0 Å². The Bertz CT molecular complexity index is 453. The van der Waals surface area contributed by atoms with Gasteiger partial charge in [-0.05, 0) is 12.8 Å². The highest BCUT2D eigenvalue weighted by Gasteiger charge is 2.24. The zero-order valence-corrected chi connectivity index (χ0v) is 13.3. The maximum absolute atomic E-state index is 11.3. The fourth-order valence-electron chi connectivity index (χ4n) is 2.65. The maximum Gasteiger partial charge on any atom is 0.316 e. The lowest BCUT2D eigenvalue weighted by Crippen LogP contribution is -2.17. The van der Waals surface area contributed by atoms with Crippen molar-refractivity contribution in [3.63, 3.8) is 0 Å². The van der Waals surface area contributed by atoms with Crippen molar-refractivity contribution < 1.29 is 9.53 Å². The van der Waals surface area contributed by atoms with Crippen LogP contribution in [0, 0.1) is 0 Å². The van der Waals surface area contributed by atoms with Gasteiger partial charge in [-0.1, -0.05) is 44.9 Å². The SMILES string of the molecule is COC(=O)CSc1nnc(C(C)C)n1C1CCCCC1. The van der Waals surface area contributed by atoms with E-state index in [1.807, 2.05) is 0 Å². The Hall–Kier alpha value is -1.04. The van der Waals surface area contributed by atoms with Crippen molar-refractivity contribution in [2.75, 3.05) is 12.9 Å². The summed E-state index contributed by atoms with van der Waals surface area (Å²) >= 11 is 1.43. The second-order valence-corrected chi connectivity index (χ2v) is 6.46. The average Bonchev–Trinajstić information content (AvgIpc) is 2.89. The fourth-order valence-corrected chi connectivity index (χ4v) is 3.49. The largest absolute Gasteiger partial charge is 0.468 e. The summed E-state index contributed by atoms with van der Waals surface area (Å²) in [4.78, 5) is 11.3. The molecule has 0 atom stereocenters. The minimum atomic E-state index is -0.223. The number of aromatic nitrogens is 3. The molecule has 112 valence electrons. The van der Waals surface area contributed by atoms with Crippen molar-refractivity contribution in [3.8, 4) is 0 Å². The number of methoxy groups -OCH3 is 1. The summed E-state index contributed by atoms with van der Waals surface area (Å²) in [6.07, 6.45) is 6.22. The zero-order valence-electron chi connectivity index (χ0n) is 12.5. The molecule has 0 aromatic carbocycles. The first-order valence-corrected chi connectivity index (χ1v) is 8.26. The number of nitrogens with zero attached hydrogens (tertiary/aromatic N) is 3. The third-order valence-electron chi connectivity index (χ3n) is 3.69. The Balaban J connectivity index is 2.19. The average molecular weight is 297 g/mol. The first kappa shape index (κ1) is 15.4. The first-order chi connectivity index (χ1) is 9.63. The van der Waals surface area contributed by atoms with Gasteiger partial charge in [-0.15, -0.1) is 10.2 Å². The number of thioether (sulfide) groups is 1. The molecule has 0 radical (unpaired) electrons. The number of ether oxygens (including phenoxy) is 1. The third kappa shape index (κ3) is 3.53. The monoisotopic (exact) mass is 297 g/mol. The summed E-state index contributed by atoms with van der Waals surface area (Å²) in [5.41, 5.74) is 0. The van der Waals surface area contributed by atoms with E-state index in [-0.39, 0.29) is 5.97 Å². The van der Waals surface area contributed by atoms with Gasteiger partial charge < -0.3 is 9.30 Å². The Morgan fingerprint density at radius 2 is 2.05 bits per heavy atom. The molecule has 1 aromatic heterocycles. The van der Waals surface area contributed by atoms with Crippen molar-refractivity contribution in [1.82, 2.24) is 14.8 Å². The van der Waals surface area contributed by atoms with Crippen LogP contribution in [0.25, 0.3) is 0 Å². The van der Waals surface area contributed by atoms with E-state index >= 15 is 0 Å². The van der Waals surface area contributed by atoms with Crippen LogP contribution in [-0.2, 0) is 9.53 Å². The van der Waals surface area contributed by atoms with Gasteiger partial charge in [0.15, 0.2) is 5.16 Å². The van der Waals surface area contributed by atoms with Gasteiger partial charge >= 0.3 is 5.97 Å². The van der Waals surface area contributed by atoms with Gasteiger partial charge in [-0.25, -0.2) is 0 Å². The predicted molar refractivity (Wildman–Crippen MR) is 79.0 cm³/mol. The van der Waals surface area contributed by atoms with Crippen LogP contribution < -0.4 is 0 Å². The van der Waals surface area contributed by atoms with E-state index < -0.39 is 0 Å². The normalized spacial score (nSPS) is 16.6. The number of rotatable bonds is 5. The fraction of sp³-hybridized carbons (Fsp3) is 0.786. The highest BCUT2D eigenvalue weighted by atomic mass is 32.2. The lowest BCUT2D eigenvalue weighted by atomic mass is 9.95.